The third-order valence-corrected chi connectivity index (χ3v) is 4.73. The first-order chi connectivity index (χ1) is 13.2. The van der Waals surface area contributed by atoms with Crippen LogP contribution in [-0.2, 0) is 0 Å². The highest BCUT2D eigenvalue weighted by Gasteiger charge is 2.15. The minimum Gasteiger partial charge on any atom is -0.453 e. The van der Waals surface area contributed by atoms with E-state index < -0.39 is 0 Å². The van der Waals surface area contributed by atoms with Crippen molar-refractivity contribution < 1.29 is 4.42 Å². The molecular formula is C22H24N4O. The topological polar surface area (TPSA) is 76.4 Å². The number of aromatic nitrogens is 1. The Morgan fingerprint density at radius 1 is 1.15 bits per heavy atom. The third-order valence-electron chi connectivity index (χ3n) is 4.73. The molecule has 0 aromatic heterocycles. The monoisotopic (exact) mass is 360 g/mol. The van der Waals surface area contributed by atoms with E-state index in [-0.39, 0.29) is 0 Å². The van der Waals surface area contributed by atoms with E-state index in [1.54, 1.807) is 0 Å². The number of rotatable bonds is 5. The molecule has 0 spiro atoms. The normalized spacial score (nSPS) is 12.3. The maximum Gasteiger partial charge on any atom is 0.155 e. The van der Waals surface area contributed by atoms with E-state index in [9.17, 15) is 0 Å². The molecule has 0 bridgehead atoms. The van der Waals surface area contributed by atoms with Crippen molar-refractivity contribution in [3.63, 3.8) is 0 Å². The smallest absolute Gasteiger partial charge is 0.155 e. The van der Waals surface area contributed by atoms with Crippen molar-refractivity contribution in [2.75, 3.05) is 25.0 Å². The predicted octanol–water partition coefficient (Wildman–Crippen LogP) is 4.08. The minimum atomic E-state index is 0.637. The summed E-state index contributed by atoms with van der Waals surface area (Å²) in [5.41, 5.74) is 10.3. The van der Waals surface area contributed by atoms with Crippen LogP contribution < -0.4 is 16.4 Å². The van der Waals surface area contributed by atoms with Crippen molar-refractivity contribution in [1.82, 2.24) is 4.98 Å². The summed E-state index contributed by atoms with van der Waals surface area (Å²) in [5.74, 6) is 0.749. The Balaban J connectivity index is 2.01. The van der Waals surface area contributed by atoms with Crippen LogP contribution in [0.4, 0.5) is 5.69 Å². The highest BCUT2D eigenvalue weighted by atomic mass is 16.3. The van der Waals surface area contributed by atoms with Crippen LogP contribution in [0.2, 0.25) is 0 Å². The zero-order valence-corrected chi connectivity index (χ0v) is 15.7. The van der Waals surface area contributed by atoms with Crippen LogP contribution in [0.25, 0.3) is 33.3 Å². The van der Waals surface area contributed by atoms with Crippen molar-refractivity contribution in [3.8, 4) is 11.5 Å². The van der Waals surface area contributed by atoms with Gasteiger partial charge in [0.25, 0.3) is 0 Å². The molecule has 2 aromatic carbocycles. The number of nitrogens with one attached hydrogen (secondary N) is 1. The van der Waals surface area contributed by atoms with Crippen molar-refractivity contribution in [2.45, 2.75) is 20.3 Å². The average Bonchev–Trinajstić information content (AvgIpc) is 2.68. The number of fused-ring (bicyclic) bond motifs is 4. The molecule has 2 aromatic rings. The SMILES string of the molecule is CCNc1cc2oc3cc(=NCCCN)c4ccccc4c-3nc2cc1C. The van der Waals surface area contributed by atoms with Gasteiger partial charge in [-0.25, -0.2) is 4.98 Å². The molecule has 2 aliphatic rings. The van der Waals surface area contributed by atoms with Gasteiger partial charge in [0.1, 0.15) is 11.2 Å². The van der Waals surface area contributed by atoms with Crippen molar-refractivity contribution >= 4 is 27.6 Å². The molecule has 1 aliphatic heterocycles. The van der Waals surface area contributed by atoms with E-state index >= 15 is 0 Å². The fourth-order valence-corrected chi connectivity index (χ4v) is 3.39. The molecule has 1 heterocycles. The third kappa shape index (κ3) is 3.26. The lowest BCUT2D eigenvalue weighted by Gasteiger charge is -2.13. The molecule has 0 radical (unpaired) electrons. The fourth-order valence-electron chi connectivity index (χ4n) is 3.39. The summed E-state index contributed by atoms with van der Waals surface area (Å²) < 4.78 is 6.26. The molecule has 0 atom stereocenters. The summed E-state index contributed by atoms with van der Waals surface area (Å²) in [6.07, 6.45) is 0.866. The van der Waals surface area contributed by atoms with Crippen molar-refractivity contribution in [1.29, 1.82) is 0 Å². The van der Waals surface area contributed by atoms with E-state index in [0.29, 0.717) is 13.1 Å². The Hall–Kier alpha value is -2.92. The Morgan fingerprint density at radius 2 is 1.96 bits per heavy atom. The van der Waals surface area contributed by atoms with Gasteiger partial charge in [-0.1, -0.05) is 24.3 Å². The van der Waals surface area contributed by atoms with E-state index in [1.807, 2.05) is 24.3 Å². The molecule has 138 valence electrons. The van der Waals surface area contributed by atoms with Crippen LogP contribution in [0.1, 0.15) is 18.9 Å². The number of anilines is 1. The van der Waals surface area contributed by atoms with Gasteiger partial charge in [0.2, 0.25) is 0 Å². The average molecular weight is 360 g/mol. The lowest BCUT2D eigenvalue weighted by Crippen LogP contribution is -2.09. The molecule has 0 saturated carbocycles. The van der Waals surface area contributed by atoms with Gasteiger partial charge in [0.15, 0.2) is 11.3 Å². The van der Waals surface area contributed by atoms with Gasteiger partial charge in [-0.05, 0) is 38.4 Å². The quantitative estimate of drug-likeness (QED) is 0.319. The second-order valence-corrected chi connectivity index (χ2v) is 6.69. The molecule has 0 amide bonds. The lowest BCUT2D eigenvalue weighted by molar-refractivity contribution is 0.613. The zero-order chi connectivity index (χ0) is 18.8. The highest BCUT2D eigenvalue weighted by molar-refractivity contribution is 5.96. The first-order valence-corrected chi connectivity index (χ1v) is 9.42. The maximum atomic E-state index is 6.26. The van der Waals surface area contributed by atoms with Gasteiger partial charge in [0.05, 0.1) is 5.36 Å². The molecule has 0 fully saturated rings. The molecule has 27 heavy (non-hydrogen) atoms. The van der Waals surface area contributed by atoms with E-state index in [4.69, 9.17) is 20.1 Å². The molecular weight excluding hydrogens is 336 g/mol. The van der Waals surface area contributed by atoms with E-state index in [2.05, 4.69) is 37.4 Å². The maximum absolute atomic E-state index is 6.26. The number of hydrogen-bond acceptors (Lipinski definition) is 5. The first-order valence-electron chi connectivity index (χ1n) is 9.42. The summed E-state index contributed by atoms with van der Waals surface area (Å²) in [6, 6.07) is 14.3. The molecule has 1 aliphatic carbocycles. The summed E-state index contributed by atoms with van der Waals surface area (Å²) in [4.78, 5) is 9.66. The molecule has 5 heteroatoms. The Labute approximate surface area is 158 Å². The lowest BCUT2D eigenvalue weighted by atomic mass is 10.0. The highest BCUT2D eigenvalue weighted by Crippen LogP contribution is 2.32. The van der Waals surface area contributed by atoms with Crippen LogP contribution in [-0.4, -0.2) is 24.6 Å². The number of nitrogens with two attached hydrogens (primary N) is 1. The Morgan fingerprint density at radius 3 is 2.74 bits per heavy atom. The van der Waals surface area contributed by atoms with Gasteiger partial charge in [-0.3, -0.25) is 4.99 Å². The standard InChI is InChI=1S/C22H24N4O/c1-3-24-17-12-20-19(11-14(17)2)26-22-16-8-5-4-7-15(16)18(13-21(22)27-20)25-10-6-9-23/h4-5,7-8,11-13,24H,3,6,9-10,23H2,1-2H3. The number of nitrogens with zero attached hydrogens (tertiary/aromatic N) is 2. The van der Waals surface area contributed by atoms with Crippen molar-refractivity contribution in [3.05, 3.63) is 53.4 Å². The van der Waals surface area contributed by atoms with Gasteiger partial charge in [0, 0.05) is 41.7 Å². The van der Waals surface area contributed by atoms with Gasteiger partial charge < -0.3 is 15.5 Å². The molecule has 0 unspecified atom stereocenters. The zero-order valence-electron chi connectivity index (χ0n) is 15.7. The molecule has 4 rings (SSSR count). The molecule has 5 nitrogen and oxygen atoms in total. The summed E-state index contributed by atoms with van der Waals surface area (Å²) in [5, 5.41) is 6.44. The Kier molecular flexibility index (Phi) is 4.77. The summed E-state index contributed by atoms with van der Waals surface area (Å²) in [7, 11) is 0. The predicted molar refractivity (Wildman–Crippen MR) is 111 cm³/mol. The van der Waals surface area contributed by atoms with E-state index in [1.165, 1.54) is 0 Å². The van der Waals surface area contributed by atoms with Crippen LogP contribution >= 0.6 is 0 Å². The summed E-state index contributed by atoms with van der Waals surface area (Å²) >= 11 is 0. The second-order valence-electron chi connectivity index (χ2n) is 6.69. The van der Waals surface area contributed by atoms with Gasteiger partial charge in [-0.2, -0.15) is 0 Å². The Bertz CT molecular complexity index is 1150. The second kappa shape index (κ2) is 7.37. The largest absolute Gasteiger partial charge is 0.453 e. The van der Waals surface area contributed by atoms with Gasteiger partial charge in [-0.15, -0.1) is 0 Å². The van der Waals surface area contributed by atoms with Crippen LogP contribution in [0, 0.1) is 6.92 Å². The minimum absolute atomic E-state index is 0.637. The fraction of sp³-hybridized carbons (Fsp3) is 0.273. The van der Waals surface area contributed by atoms with E-state index in [0.717, 1.165) is 62.9 Å². The van der Waals surface area contributed by atoms with Gasteiger partial charge >= 0.3 is 0 Å². The van der Waals surface area contributed by atoms with Crippen LogP contribution in [0.5, 0.6) is 0 Å². The number of aryl methyl sites for hydroxylation is 1. The van der Waals surface area contributed by atoms with Crippen LogP contribution in [0.3, 0.4) is 0 Å². The number of benzene rings is 3. The molecule has 3 N–H and O–H groups in total. The van der Waals surface area contributed by atoms with Crippen LogP contribution in [0.15, 0.2) is 51.9 Å². The number of hydrogen-bond donors (Lipinski definition) is 2. The first kappa shape index (κ1) is 17.5. The summed E-state index contributed by atoms with van der Waals surface area (Å²) in [6.45, 7) is 6.37. The molecule has 0 saturated heterocycles. The van der Waals surface area contributed by atoms with Crippen molar-refractivity contribution in [2.24, 2.45) is 10.7 Å².